The van der Waals surface area contributed by atoms with Gasteiger partial charge < -0.3 is 0 Å². The number of halogens is 1. The van der Waals surface area contributed by atoms with Crippen molar-refractivity contribution in [1.82, 2.24) is 4.98 Å². The summed E-state index contributed by atoms with van der Waals surface area (Å²) in [5.41, 5.74) is 1.11. The van der Waals surface area contributed by atoms with Gasteiger partial charge in [0.1, 0.15) is 0 Å². The highest BCUT2D eigenvalue weighted by Gasteiger charge is 2.13. The lowest BCUT2D eigenvalue weighted by Crippen LogP contribution is -2.11. The monoisotopic (exact) mass is 168 g/mol. The van der Waals surface area contributed by atoms with Crippen molar-refractivity contribution in [3.63, 3.8) is 0 Å². The van der Waals surface area contributed by atoms with E-state index in [1.165, 1.54) is 6.07 Å². The second-order valence-corrected chi connectivity index (χ2v) is 3.62. The quantitative estimate of drug-likeness (QED) is 0.542. The van der Waals surface area contributed by atoms with Gasteiger partial charge in [0, 0.05) is 6.20 Å². The van der Waals surface area contributed by atoms with Crippen LogP contribution < -0.4 is 0 Å². The first-order valence-electron chi connectivity index (χ1n) is 3.62. The number of nitrogens with zero attached hydrogens (tertiary/aromatic N) is 1. The van der Waals surface area contributed by atoms with Gasteiger partial charge >= 0.3 is 0 Å². The van der Waals surface area contributed by atoms with Gasteiger partial charge in [-0.15, -0.1) is 0 Å². The Morgan fingerprint density at radius 1 is 1.25 bits per heavy atom. The Kier molecular flexibility index (Phi) is 3.37. The molecule has 68 valence electrons. The Bertz CT molecular complexity index is 233. The summed E-state index contributed by atoms with van der Waals surface area (Å²) in [4.78, 5) is 3.58. The summed E-state index contributed by atoms with van der Waals surface area (Å²) < 4.78 is 12.4. The highest BCUT2D eigenvalue weighted by Crippen LogP contribution is 2.20. The van der Waals surface area contributed by atoms with Gasteiger partial charge in [-0.25, -0.2) is 4.98 Å². The van der Waals surface area contributed by atoms with Crippen LogP contribution in [0.15, 0.2) is 18.3 Å². The van der Waals surface area contributed by atoms with E-state index in [4.69, 9.17) is 0 Å². The van der Waals surface area contributed by atoms with E-state index in [9.17, 15) is 4.39 Å². The van der Waals surface area contributed by atoms with Gasteiger partial charge in [0.2, 0.25) is 5.95 Å². The van der Waals surface area contributed by atoms with Crippen LogP contribution in [-0.2, 0) is 5.41 Å². The van der Waals surface area contributed by atoms with Crippen LogP contribution in [0.2, 0.25) is 0 Å². The molecule has 1 rings (SSSR count). The first kappa shape index (κ1) is 11.1. The molecule has 0 aliphatic carbocycles. The molecule has 0 saturated carbocycles. The van der Waals surface area contributed by atoms with Gasteiger partial charge in [0.05, 0.1) is 0 Å². The van der Waals surface area contributed by atoms with Crippen LogP contribution in [0.5, 0.6) is 0 Å². The number of hydrogen-bond donors (Lipinski definition) is 0. The van der Waals surface area contributed by atoms with Crippen LogP contribution in [0.4, 0.5) is 4.39 Å². The summed E-state index contributed by atoms with van der Waals surface area (Å²) >= 11 is 0. The van der Waals surface area contributed by atoms with E-state index < -0.39 is 5.95 Å². The molecule has 12 heavy (non-hydrogen) atoms. The van der Waals surface area contributed by atoms with Gasteiger partial charge in [0.15, 0.2) is 0 Å². The maximum atomic E-state index is 12.4. The predicted octanol–water partition coefficient (Wildman–Crippen LogP) is 3.15. The normalized spacial score (nSPS) is 10.7. The van der Waals surface area contributed by atoms with Gasteiger partial charge in [0.25, 0.3) is 0 Å². The van der Waals surface area contributed by atoms with Gasteiger partial charge in [-0.1, -0.05) is 34.3 Å². The summed E-state index contributed by atoms with van der Waals surface area (Å²) in [6.07, 6.45) is 1.58. The smallest absolute Gasteiger partial charge is 0.212 e. The molecule has 1 aromatic rings. The Morgan fingerprint density at radius 3 is 2.17 bits per heavy atom. The van der Waals surface area contributed by atoms with Crippen molar-refractivity contribution in [3.8, 4) is 0 Å². The third-order valence-electron chi connectivity index (χ3n) is 1.59. The molecule has 1 heterocycles. The summed E-state index contributed by atoms with van der Waals surface area (Å²) in [5, 5.41) is 0. The van der Waals surface area contributed by atoms with Crippen LogP contribution >= 0.6 is 0 Å². The van der Waals surface area contributed by atoms with E-state index in [0.29, 0.717) is 0 Å². The third kappa shape index (κ3) is 2.61. The van der Waals surface area contributed by atoms with E-state index in [0.717, 1.165) is 5.56 Å². The first-order chi connectivity index (χ1) is 5.00. The predicted molar refractivity (Wildman–Crippen MR) is 49.6 cm³/mol. The molecular weight excluding hydrogens is 152 g/mol. The zero-order valence-corrected chi connectivity index (χ0v) is 7.06. The van der Waals surface area contributed by atoms with E-state index in [1.54, 1.807) is 12.3 Å². The van der Waals surface area contributed by atoms with Crippen molar-refractivity contribution in [2.75, 3.05) is 0 Å². The average Bonchev–Trinajstić information content (AvgIpc) is 1.86. The number of hydrogen-bond acceptors (Lipinski definition) is 1. The molecule has 0 fully saturated rings. The summed E-state index contributed by atoms with van der Waals surface area (Å²) in [6, 6.07) is 3.16. The summed E-state index contributed by atoms with van der Waals surface area (Å²) in [6.45, 7) is 6.21. The van der Waals surface area contributed by atoms with Crippen LogP contribution in [-0.4, -0.2) is 4.98 Å². The van der Waals surface area contributed by atoms with Crippen LogP contribution in [0.25, 0.3) is 0 Å². The maximum absolute atomic E-state index is 12.4. The van der Waals surface area contributed by atoms with Crippen LogP contribution in [0, 0.1) is 5.95 Å². The second-order valence-electron chi connectivity index (χ2n) is 3.62. The van der Waals surface area contributed by atoms with Crippen molar-refractivity contribution in [3.05, 3.63) is 29.8 Å². The van der Waals surface area contributed by atoms with E-state index in [1.807, 2.05) is 0 Å². The standard InChI is InChI=1S/C9H12FN.CH4/c1-9(2,3)7-4-5-8(10)11-6-7;/h4-6H,1-3H3;1H4/i10-1;. The minimum atomic E-state index is -0.419. The largest absolute Gasteiger partial charge is 0.228 e. The molecule has 0 unspecified atom stereocenters. The molecule has 0 spiro atoms. The maximum Gasteiger partial charge on any atom is 0.212 e. The molecule has 0 aromatic carbocycles. The van der Waals surface area contributed by atoms with Crippen LogP contribution in [0.3, 0.4) is 0 Å². The summed E-state index contributed by atoms with van der Waals surface area (Å²) in [7, 11) is 0. The van der Waals surface area contributed by atoms with Crippen molar-refractivity contribution >= 4 is 0 Å². The molecule has 0 saturated heterocycles. The molecule has 0 N–H and O–H groups in total. The molecule has 0 aliphatic heterocycles. The number of aromatic nitrogens is 1. The molecule has 0 aliphatic rings. The second kappa shape index (κ2) is 3.65. The van der Waals surface area contributed by atoms with Crippen molar-refractivity contribution < 1.29 is 4.39 Å². The zero-order valence-electron chi connectivity index (χ0n) is 7.06. The van der Waals surface area contributed by atoms with Crippen molar-refractivity contribution in [1.29, 1.82) is 0 Å². The fourth-order valence-electron chi connectivity index (χ4n) is 0.819. The molecule has 0 bridgehead atoms. The molecule has 0 amide bonds. The van der Waals surface area contributed by atoms with Crippen molar-refractivity contribution in [2.24, 2.45) is 0 Å². The van der Waals surface area contributed by atoms with Gasteiger partial charge in [-0.3, -0.25) is 0 Å². The third-order valence-corrected chi connectivity index (χ3v) is 1.59. The Labute approximate surface area is 73.6 Å². The highest BCUT2D eigenvalue weighted by molar-refractivity contribution is 5.18. The zero-order chi connectivity index (χ0) is 8.48. The lowest BCUT2D eigenvalue weighted by atomic mass is 9.88. The van der Waals surface area contributed by atoms with E-state index in [2.05, 4.69) is 25.8 Å². The Morgan fingerprint density at radius 2 is 1.83 bits per heavy atom. The van der Waals surface area contributed by atoms with Gasteiger partial charge in [-0.05, 0) is 17.0 Å². The van der Waals surface area contributed by atoms with Gasteiger partial charge in [-0.2, -0.15) is 4.39 Å². The van der Waals surface area contributed by atoms with E-state index in [-0.39, 0.29) is 12.8 Å². The summed E-state index contributed by atoms with van der Waals surface area (Å²) in [5.74, 6) is -0.419. The Balaban J connectivity index is 0.00000121. The topological polar surface area (TPSA) is 12.9 Å². The molecular formula is C10H16FN. The molecule has 1 aromatic heterocycles. The number of pyridine rings is 1. The highest BCUT2D eigenvalue weighted by atomic mass is 18.2. The minimum Gasteiger partial charge on any atom is -0.228 e. The molecule has 0 atom stereocenters. The first-order valence-corrected chi connectivity index (χ1v) is 3.62. The van der Waals surface area contributed by atoms with Crippen molar-refractivity contribution in [2.45, 2.75) is 33.6 Å². The van der Waals surface area contributed by atoms with Crippen LogP contribution in [0.1, 0.15) is 33.8 Å². The fourth-order valence-corrected chi connectivity index (χ4v) is 0.819. The average molecular weight is 168 g/mol. The fraction of sp³-hybridized carbons (Fsp3) is 0.500. The molecule has 1 nitrogen and oxygen atoms in total. The Hall–Kier alpha value is -0.920. The molecule has 2 heteroatoms. The number of rotatable bonds is 0. The SMILES string of the molecule is C.CC(C)(C)c1ccc([18F])nc1. The molecule has 0 radical (unpaired) electrons. The van der Waals surface area contributed by atoms with E-state index >= 15 is 0 Å². The minimum absolute atomic E-state index is 0. The lowest BCUT2D eigenvalue weighted by Gasteiger charge is -2.17. The lowest BCUT2D eigenvalue weighted by molar-refractivity contribution is 0.559.